The zero-order chi connectivity index (χ0) is 17.1. The van der Waals surface area contributed by atoms with Crippen molar-refractivity contribution in [2.75, 3.05) is 0 Å². The standard InChI is InChI=1S/C20H16N2O2/c1-13-7-8-15(11-14(13)2)22-10-9-16-17-5-3-4-6-19(17)24-20(23)18(16)12-21/h3-8,10-11H,9H2,1-2H3. The number of hydrogen-bond donors (Lipinski definition) is 0. The first-order chi connectivity index (χ1) is 11.6. The van der Waals surface area contributed by atoms with Crippen molar-refractivity contribution in [2.45, 2.75) is 20.3 Å². The minimum absolute atomic E-state index is 0.0419. The maximum Gasteiger partial charge on any atom is 0.354 e. The van der Waals surface area contributed by atoms with E-state index in [1.165, 1.54) is 11.1 Å². The number of aliphatic imine (C=N–C) groups is 1. The Labute approximate surface area is 139 Å². The van der Waals surface area contributed by atoms with Gasteiger partial charge >= 0.3 is 5.63 Å². The Hall–Kier alpha value is -3.19. The summed E-state index contributed by atoms with van der Waals surface area (Å²) in [7, 11) is 0. The first kappa shape index (κ1) is 15.7. The molecule has 118 valence electrons. The average Bonchev–Trinajstić information content (AvgIpc) is 2.58. The van der Waals surface area contributed by atoms with Crippen molar-refractivity contribution in [3.63, 3.8) is 0 Å². The molecule has 0 saturated carbocycles. The molecule has 4 heteroatoms. The van der Waals surface area contributed by atoms with E-state index in [0.717, 1.165) is 11.1 Å². The van der Waals surface area contributed by atoms with Crippen molar-refractivity contribution < 1.29 is 4.42 Å². The number of benzene rings is 2. The van der Waals surface area contributed by atoms with E-state index >= 15 is 0 Å². The van der Waals surface area contributed by atoms with Crippen molar-refractivity contribution in [1.29, 1.82) is 5.26 Å². The molecule has 24 heavy (non-hydrogen) atoms. The third-order valence-corrected chi connectivity index (χ3v) is 4.06. The first-order valence-electron chi connectivity index (χ1n) is 7.64. The highest BCUT2D eigenvalue weighted by atomic mass is 16.4. The van der Waals surface area contributed by atoms with Crippen LogP contribution in [0.1, 0.15) is 22.3 Å². The smallest absolute Gasteiger partial charge is 0.354 e. The van der Waals surface area contributed by atoms with Gasteiger partial charge in [-0.1, -0.05) is 24.3 Å². The fourth-order valence-corrected chi connectivity index (χ4v) is 2.59. The lowest BCUT2D eigenvalue weighted by atomic mass is 10.0. The minimum Gasteiger partial charge on any atom is -0.422 e. The fraction of sp³-hybridized carbons (Fsp3) is 0.150. The third-order valence-electron chi connectivity index (χ3n) is 4.06. The summed E-state index contributed by atoms with van der Waals surface area (Å²) in [4.78, 5) is 16.4. The third kappa shape index (κ3) is 2.97. The Morgan fingerprint density at radius 1 is 1.17 bits per heavy atom. The lowest BCUT2D eigenvalue weighted by molar-refractivity contribution is 0.557. The van der Waals surface area contributed by atoms with Crippen LogP contribution in [0, 0.1) is 25.2 Å². The maximum absolute atomic E-state index is 12.0. The van der Waals surface area contributed by atoms with Gasteiger partial charge in [-0.15, -0.1) is 0 Å². The highest BCUT2D eigenvalue weighted by molar-refractivity contribution is 5.85. The molecule has 0 radical (unpaired) electrons. The SMILES string of the molecule is Cc1ccc(N=CCc2c(C#N)c(=O)oc3ccccc23)cc1C. The molecular formula is C20H16N2O2. The summed E-state index contributed by atoms with van der Waals surface area (Å²) < 4.78 is 5.20. The normalized spacial score (nSPS) is 11.0. The van der Waals surface area contributed by atoms with Crippen molar-refractivity contribution in [3.8, 4) is 6.07 Å². The van der Waals surface area contributed by atoms with Gasteiger partial charge in [0.25, 0.3) is 0 Å². The van der Waals surface area contributed by atoms with Crippen LogP contribution in [-0.4, -0.2) is 6.21 Å². The van der Waals surface area contributed by atoms with Crippen LogP contribution in [0.4, 0.5) is 5.69 Å². The van der Waals surface area contributed by atoms with Gasteiger partial charge < -0.3 is 4.42 Å². The van der Waals surface area contributed by atoms with Gasteiger partial charge in [0, 0.05) is 18.0 Å². The Balaban J connectivity index is 2.00. The molecule has 0 aliphatic rings. The number of hydrogen-bond acceptors (Lipinski definition) is 4. The molecule has 0 spiro atoms. The second-order valence-corrected chi connectivity index (χ2v) is 5.64. The molecule has 4 nitrogen and oxygen atoms in total. The van der Waals surface area contributed by atoms with Gasteiger partial charge in [-0.3, -0.25) is 4.99 Å². The predicted molar refractivity (Wildman–Crippen MR) is 95.0 cm³/mol. The van der Waals surface area contributed by atoms with E-state index in [2.05, 4.69) is 11.9 Å². The van der Waals surface area contributed by atoms with Crippen LogP contribution in [-0.2, 0) is 6.42 Å². The van der Waals surface area contributed by atoms with Gasteiger partial charge in [0.05, 0.1) is 5.69 Å². The number of nitriles is 1. The van der Waals surface area contributed by atoms with Gasteiger partial charge in [0.2, 0.25) is 0 Å². The Bertz CT molecular complexity index is 1040. The monoisotopic (exact) mass is 316 g/mol. The van der Waals surface area contributed by atoms with E-state index in [4.69, 9.17) is 4.42 Å². The molecule has 3 aromatic rings. The fourth-order valence-electron chi connectivity index (χ4n) is 2.59. The summed E-state index contributed by atoms with van der Waals surface area (Å²) in [6.07, 6.45) is 2.12. The quantitative estimate of drug-likeness (QED) is 0.536. The first-order valence-corrected chi connectivity index (χ1v) is 7.64. The molecule has 2 aromatic carbocycles. The summed E-state index contributed by atoms with van der Waals surface area (Å²) in [6.45, 7) is 4.09. The van der Waals surface area contributed by atoms with Gasteiger partial charge in [-0.05, 0) is 48.7 Å². The summed E-state index contributed by atoms with van der Waals surface area (Å²) in [5.41, 5.74) is 3.81. The average molecular weight is 316 g/mol. The van der Waals surface area contributed by atoms with Crippen LogP contribution in [0.5, 0.6) is 0 Å². The molecule has 0 aliphatic carbocycles. The van der Waals surface area contributed by atoms with Gasteiger partial charge in [0.15, 0.2) is 0 Å². The predicted octanol–water partition coefficient (Wildman–Crippen LogP) is 4.23. The molecule has 3 rings (SSSR count). The van der Waals surface area contributed by atoms with E-state index in [9.17, 15) is 10.1 Å². The lowest BCUT2D eigenvalue weighted by Gasteiger charge is -2.05. The van der Waals surface area contributed by atoms with E-state index < -0.39 is 5.63 Å². The van der Waals surface area contributed by atoms with Crippen LogP contribution in [0.25, 0.3) is 11.0 Å². The zero-order valence-corrected chi connectivity index (χ0v) is 13.5. The topological polar surface area (TPSA) is 66.4 Å². The van der Waals surface area contributed by atoms with Crippen molar-refractivity contribution in [1.82, 2.24) is 0 Å². The molecule has 0 unspecified atom stereocenters. The van der Waals surface area contributed by atoms with Gasteiger partial charge in [-0.2, -0.15) is 5.26 Å². The number of fused-ring (bicyclic) bond motifs is 1. The molecular weight excluding hydrogens is 300 g/mol. The molecule has 0 atom stereocenters. The van der Waals surface area contributed by atoms with Crippen LogP contribution >= 0.6 is 0 Å². The summed E-state index contributed by atoms with van der Waals surface area (Å²) >= 11 is 0. The van der Waals surface area contributed by atoms with E-state index in [-0.39, 0.29) is 5.56 Å². The molecule has 0 aliphatic heterocycles. The molecule has 1 heterocycles. The van der Waals surface area contributed by atoms with Crippen molar-refractivity contribution in [3.05, 3.63) is 75.1 Å². The lowest BCUT2D eigenvalue weighted by Crippen LogP contribution is -2.09. The number of aryl methyl sites for hydroxylation is 2. The zero-order valence-electron chi connectivity index (χ0n) is 13.5. The van der Waals surface area contributed by atoms with Crippen molar-refractivity contribution in [2.24, 2.45) is 4.99 Å². The molecule has 0 saturated heterocycles. The highest BCUT2D eigenvalue weighted by Crippen LogP contribution is 2.21. The van der Waals surface area contributed by atoms with Crippen LogP contribution in [0.2, 0.25) is 0 Å². The summed E-state index contributed by atoms with van der Waals surface area (Å²) in [6, 6.07) is 15.2. The number of para-hydroxylation sites is 1. The minimum atomic E-state index is -0.606. The number of nitrogens with zero attached hydrogens (tertiary/aromatic N) is 2. The molecule has 0 N–H and O–H groups in total. The molecule has 1 aromatic heterocycles. The van der Waals surface area contributed by atoms with Crippen molar-refractivity contribution >= 4 is 22.9 Å². The van der Waals surface area contributed by atoms with Crippen LogP contribution in [0.3, 0.4) is 0 Å². The number of rotatable bonds is 3. The molecule has 0 bridgehead atoms. The Morgan fingerprint density at radius 3 is 2.71 bits per heavy atom. The molecule has 0 fully saturated rings. The summed E-state index contributed by atoms with van der Waals surface area (Å²) in [5.74, 6) is 0. The van der Waals surface area contributed by atoms with E-state index in [1.807, 2.05) is 43.3 Å². The van der Waals surface area contributed by atoms with Gasteiger partial charge in [-0.25, -0.2) is 4.79 Å². The van der Waals surface area contributed by atoms with E-state index in [0.29, 0.717) is 17.6 Å². The van der Waals surface area contributed by atoms with Crippen LogP contribution < -0.4 is 5.63 Å². The summed E-state index contributed by atoms with van der Waals surface area (Å²) in [5, 5.41) is 10.1. The Kier molecular flexibility index (Phi) is 4.26. The van der Waals surface area contributed by atoms with Crippen LogP contribution in [0.15, 0.2) is 56.7 Å². The second-order valence-electron chi connectivity index (χ2n) is 5.64. The largest absolute Gasteiger partial charge is 0.422 e. The maximum atomic E-state index is 12.0. The molecule has 0 amide bonds. The highest BCUT2D eigenvalue weighted by Gasteiger charge is 2.13. The van der Waals surface area contributed by atoms with E-state index in [1.54, 1.807) is 18.3 Å². The second kappa shape index (κ2) is 6.51. The van der Waals surface area contributed by atoms with Gasteiger partial charge in [0.1, 0.15) is 17.2 Å². The Morgan fingerprint density at radius 2 is 1.96 bits per heavy atom.